The monoisotopic (exact) mass is 691 g/mol. The van der Waals surface area contributed by atoms with E-state index in [9.17, 15) is 0 Å². The van der Waals surface area contributed by atoms with Gasteiger partial charge in [0.25, 0.3) is 0 Å². The zero-order chi connectivity index (χ0) is 36.2. The number of benzene rings is 9. The number of anilines is 3. The molecule has 0 radical (unpaired) electrons. The van der Waals surface area contributed by atoms with Crippen molar-refractivity contribution in [3.63, 3.8) is 0 Å². The summed E-state index contributed by atoms with van der Waals surface area (Å²) < 4.78 is 0. The smallest absolute Gasteiger partial charge is 0.0467 e. The predicted molar refractivity (Wildman–Crippen MR) is 231 cm³/mol. The molecule has 1 nitrogen and oxygen atoms in total. The van der Waals surface area contributed by atoms with Gasteiger partial charge in [-0.15, -0.1) is 0 Å². The Morgan fingerprint density at radius 1 is 0.333 bits per heavy atom. The Kier molecular flexibility index (Phi) is 7.70. The second-order valence-electron chi connectivity index (χ2n) is 14.7. The van der Waals surface area contributed by atoms with Gasteiger partial charge in [0.1, 0.15) is 0 Å². The highest BCUT2D eigenvalue weighted by molar-refractivity contribution is 6.26. The second kappa shape index (κ2) is 12.9. The van der Waals surface area contributed by atoms with Crippen LogP contribution in [0.4, 0.5) is 17.1 Å². The molecular formula is C53H41N. The van der Waals surface area contributed by atoms with E-state index in [-0.39, 0.29) is 5.41 Å². The van der Waals surface area contributed by atoms with Gasteiger partial charge >= 0.3 is 0 Å². The van der Waals surface area contributed by atoms with Crippen LogP contribution in [-0.2, 0) is 5.41 Å². The van der Waals surface area contributed by atoms with Crippen LogP contribution in [-0.4, -0.2) is 0 Å². The summed E-state index contributed by atoms with van der Waals surface area (Å²) in [6.07, 6.45) is 2.05. The van der Waals surface area contributed by atoms with E-state index in [0.717, 1.165) is 24.2 Å². The molecule has 258 valence electrons. The molecule has 0 heterocycles. The first-order valence-corrected chi connectivity index (χ1v) is 19.3. The van der Waals surface area contributed by atoms with Crippen LogP contribution in [0.25, 0.3) is 65.7 Å². The standard InChI is InChI=1S/C53H41N/c1-3-53(4-2)51-33-42(30-31-47(51)50-34-48-45-24-13-11-22-43(45)44-23-12-14-25-46(44)49(48)35-52(50)53)54(40-28-26-38(27-29-40)36-16-7-5-8-17-36)41-21-15-20-39(32-41)37-18-9-6-10-19-37/h5-35H,3-4H2,1-2H3. The molecule has 9 aromatic rings. The molecule has 0 fully saturated rings. The third-order valence-corrected chi connectivity index (χ3v) is 12.1. The van der Waals surface area contributed by atoms with Gasteiger partial charge in [-0.2, -0.15) is 0 Å². The van der Waals surface area contributed by atoms with Gasteiger partial charge in [0, 0.05) is 22.5 Å². The maximum atomic E-state index is 2.55. The van der Waals surface area contributed by atoms with Crippen LogP contribution in [0.2, 0.25) is 0 Å². The molecule has 0 spiro atoms. The van der Waals surface area contributed by atoms with Gasteiger partial charge in [-0.25, -0.2) is 0 Å². The zero-order valence-electron chi connectivity index (χ0n) is 30.8. The Hall–Kier alpha value is -6.44. The van der Waals surface area contributed by atoms with Gasteiger partial charge in [0.2, 0.25) is 0 Å². The molecule has 0 amide bonds. The highest BCUT2D eigenvalue weighted by atomic mass is 15.1. The third kappa shape index (κ3) is 5.00. The van der Waals surface area contributed by atoms with Crippen LogP contribution in [0.15, 0.2) is 188 Å². The number of fused-ring (bicyclic) bond motifs is 9. The summed E-state index contributed by atoms with van der Waals surface area (Å²) >= 11 is 0. The summed E-state index contributed by atoms with van der Waals surface area (Å²) in [7, 11) is 0. The fourth-order valence-corrected chi connectivity index (χ4v) is 9.36. The molecular weight excluding hydrogens is 651 g/mol. The van der Waals surface area contributed by atoms with Crippen molar-refractivity contribution < 1.29 is 0 Å². The van der Waals surface area contributed by atoms with Crippen molar-refractivity contribution >= 4 is 49.4 Å². The minimum atomic E-state index is -0.101. The number of rotatable bonds is 7. The lowest BCUT2D eigenvalue weighted by molar-refractivity contribution is 0.491. The van der Waals surface area contributed by atoms with E-state index in [4.69, 9.17) is 0 Å². The first-order valence-electron chi connectivity index (χ1n) is 19.3. The molecule has 0 unspecified atom stereocenters. The van der Waals surface area contributed by atoms with Crippen molar-refractivity contribution in [3.05, 3.63) is 199 Å². The molecule has 0 saturated carbocycles. The van der Waals surface area contributed by atoms with Gasteiger partial charge < -0.3 is 4.90 Å². The van der Waals surface area contributed by atoms with Crippen LogP contribution in [0, 0.1) is 0 Å². The van der Waals surface area contributed by atoms with E-state index in [2.05, 4.69) is 207 Å². The van der Waals surface area contributed by atoms with Gasteiger partial charge in [-0.1, -0.05) is 153 Å². The fourth-order valence-electron chi connectivity index (χ4n) is 9.36. The molecule has 1 aliphatic carbocycles. The molecule has 0 saturated heterocycles. The lowest BCUT2D eigenvalue weighted by Gasteiger charge is -2.32. The molecule has 0 bridgehead atoms. The summed E-state index contributed by atoms with van der Waals surface area (Å²) in [6, 6.07) is 69.6. The maximum absolute atomic E-state index is 2.55. The topological polar surface area (TPSA) is 3.24 Å². The minimum Gasteiger partial charge on any atom is -0.310 e. The van der Waals surface area contributed by atoms with E-state index in [1.165, 1.54) is 82.5 Å². The second-order valence-corrected chi connectivity index (χ2v) is 14.7. The van der Waals surface area contributed by atoms with Crippen molar-refractivity contribution in [1.29, 1.82) is 0 Å². The van der Waals surface area contributed by atoms with Gasteiger partial charge in [0.05, 0.1) is 0 Å². The summed E-state index contributed by atoms with van der Waals surface area (Å²) in [5.41, 5.74) is 13.8. The summed E-state index contributed by atoms with van der Waals surface area (Å²) in [4.78, 5) is 2.44. The van der Waals surface area contributed by atoms with Crippen LogP contribution >= 0.6 is 0 Å². The summed E-state index contributed by atoms with van der Waals surface area (Å²) in [6.45, 7) is 4.75. The number of hydrogen-bond donors (Lipinski definition) is 0. The van der Waals surface area contributed by atoms with Crippen LogP contribution in [0.5, 0.6) is 0 Å². The molecule has 0 aliphatic heterocycles. The number of nitrogens with zero attached hydrogens (tertiary/aromatic N) is 1. The lowest BCUT2D eigenvalue weighted by atomic mass is 9.73. The van der Waals surface area contributed by atoms with E-state index in [1.807, 2.05) is 0 Å². The Morgan fingerprint density at radius 3 is 1.41 bits per heavy atom. The van der Waals surface area contributed by atoms with E-state index < -0.39 is 0 Å². The van der Waals surface area contributed by atoms with Crippen molar-refractivity contribution in [2.45, 2.75) is 32.1 Å². The Bertz CT molecular complexity index is 2830. The van der Waals surface area contributed by atoms with E-state index in [0.29, 0.717) is 0 Å². The first-order chi connectivity index (χ1) is 26.7. The molecule has 9 aromatic carbocycles. The molecule has 0 N–H and O–H groups in total. The Balaban J connectivity index is 1.18. The predicted octanol–water partition coefficient (Wildman–Crippen LogP) is 15.0. The highest BCUT2D eigenvalue weighted by Gasteiger charge is 2.41. The first kappa shape index (κ1) is 32.2. The molecule has 0 aromatic heterocycles. The van der Waals surface area contributed by atoms with Crippen LogP contribution in [0.1, 0.15) is 37.8 Å². The van der Waals surface area contributed by atoms with Gasteiger partial charge in [0.15, 0.2) is 0 Å². The van der Waals surface area contributed by atoms with Gasteiger partial charge in [-0.3, -0.25) is 0 Å². The number of hydrogen-bond acceptors (Lipinski definition) is 1. The average molecular weight is 692 g/mol. The average Bonchev–Trinajstić information content (AvgIpc) is 3.52. The van der Waals surface area contributed by atoms with E-state index in [1.54, 1.807) is 0 Å². The fraction of sp³-hybridized carbons (Fsp3) is 0.0943. The van der Waals surface area contributed by atoms with Crippen molar-refractivity contribution in [1.82, 2.24) is 0 Å². The van der Waals surface area contributed by atoms with Crippen LogP contribution in [0.3, 0.4) is 0 Å². The maximum Gasteiger partial charge on any atom is 0.0467 e. The summed E-state index contributed by atoms with van der Waals surface area (Å²) in [5.74, 6) is 0. The minimum absolute atomic E-state index is 0.101. The van der Waals surface area contributed by atoms with Gasteiger partial charge in [-0.05, 0) is 138 Å². The summed E-state index contributed by atoms with van der Waals surface area (Å²) in [5, 5.41) is 7.97. The van der Waals surface area contributed by atoms with Crippen molar-refractivity contribution in [2.24, 2.45) is 0 Å². The van der Waals surface area contributed by atoms with Crippen LogP contribution < -0.4 is 4.90 Å². The Labute approximate surface area is 317 Å². The lowest BCUT2D eigenvalue weighted by Crippen LogP contribution is -2.23. The molecule has 10 rings (SSSR count). The highest BCUT2D eigenvalue weighted by Crippen LogP contribution is 2.56. The third-order valence-electron chi connectivity index (χ3n) is 12.1. The zero-order valence-corrected chi connectivity index (χ0v) is 30.8. The molecule has 0 atom stereocenters. The molecule has 1 heteroatoms. The SMILES string of the molecule is CCC1(CC)c2cc(N(c3ccc(-c4ccccc4)cc3)c3cccc(-c4ccccc4)c3)ccc2-c2cc3c4ccccc4c4ccccc4c3cc21. The van der Waals surface area contributed by atoms with E-state index >= 15 is 0 Å². The van der Waals surface area contributed by atoms with Crippen molar-refractivity contribution in [3.8, 4) is 33.4 Å². The largest absolute Gasteiger partial charge is 0.310 e. The van der Waals surface area contributed by atoms with Crippen molar-refractivity contribution in [2.75, 3.05) is 4.90 Å². The molecule has 1 aliphatic rings. The normalized spacial score (nSPS) is 12.9. The molecule has 54 heavy (non-hydrogen) atoms. The quantitative estimate of drug-likeness (QED) is 0.150. The Morgan fingerprint density at radius 2 is 0.796 bits per heavy atom.